The minimum absolute atomic E-state index is 0.0709. The fraction of sp³-hybridized carbons (Fsp3) is 0.375. The lowest BCUT2D eigenvalue weighted by Gasteiger charge is -2.32. The lowest BCUT2D eigenvalue weighted by Crippen LogP contribution is -2.42. The number of fused-ring (bicyclic) bond motifs is 1. The Balaban J connectivity index is 1.65. The van der Waals surface area contributed by atoms with E-state index in [2.05, 4.69) is 6.92 Å². The quantitative estimate of drug-likeness (QED) is 0.458. The van der Waals surface area contributed by atoms with Gasteiger partial charge >= 0.3 is 0 Å². The fourth-order valence-electron chi connectivity index (χ4n) is 3.84. The highest BCUT2D eigenvalue weighted by molar-refractivity contribution is 8.00. The van der Waals surface area contributed by atoms with Crippen molar-refractivity contribution in [2.24, 2.45) is 5.92 Å². The first-order valence-electron chi connectivity index (χ1n) is 10.5. The van der Waals surface area contributed by atoms with Gasteiger partial charge in [0.05, 0.1) is 22.7 Å². The van der Waals surface area contributed by atoms with Gasteiger partial charge in [0.15, 0.2) is 5.16 Å². The second kappa shape index (κ2) is 9.04. The molecule has 1 fully saturated rings. The number of likely N-dealkylation sites (tertiary alicyclic amines) is 1. The average molecular weight is 422 g/mol. The predicted octanol–water partition coefficient (Wildman–Crippen LogP) is 4.18. The first kappa shape index (κ1) is 20.7. The molecule has 0 bridgehead atoms. The second-order valence-electron chi connectivity index (χ2n) is 8.06. The van der Waals surface area contributed by atoms with Crippen LogP contribution in [0.15, 0.2) is 64.5 Å². The summed E-state index contributed by atoms with van der Waals surface area (Å²) in [5, 5.41) is 0.893. The van der Waals surface area contributed by atoms with Gasteiger partial charge in [-0.2, -0.15) is 0 Å². The summed E-state index contributed by atoms with van der Waals surface area (Å²) in [4.78, 5) is 33.0. The summed E-state index contributed by atoms with van der Waals surface area (Å²) in [6.07, 6.45) is 2.10. The average Bonchev–Trinajstić information content (AvgIpc) is 2.77. The number of piperidine rings is 1. The summed E-state index contributed by atoms with van der Waals surface area (Å²) in [7, 11) is 0. The zero-order chi connectivity index (χ0) is 21.1. The van der Waals surface area contributed by atoms with E-state index < -0.39 is 0 Å². The topological polar surface area (TPSA) is 55.2 Å². The Morgan fingerprint density at radius 2 is 1.77 bits per heavy atom. The number of carbonyl (C=O) groups excluding carboxylic acids is 1. The van der Waals surface area contributed by atoms with Crippen LogP contribution in [0.4, 0.5) is 0 Å². The standard InChI is InChI=1S/C24H27N3O2S/c1-17-12-14-26(15-13-17)22(28)18(2)30-24-25-21-11-7-6-10-20(21)23(29)27(24)16-19-8-4-3-5-9-19/h3-11,17-18H,12-16H2,1-2H3. The monoisotopic (exact) mass is 421 g/mol. The maximum atomic E-state index is 13.3. The maximum Gasteiger partial charge on any atom is 0.262 e. The van der Waals surface area contributed by atoms with E-state index in [1.807, 2.05) is 66.4 Å². The normalized spacial score (nSPS) is 16.0. The Labute approximate surface area is 181 Å². The number of benzene rings is 2. The van der Waals surface area contributed by atoms with E-state index in [9.17, 15) is 9.59 Å². The number of thioether (sulfide) groups is 1. The largest absolute Gasteiger partial charge is 0.342 e. The van der Waals surface area contributed by atoms with Crippen LogP contribution in [-0.4, -0.2) is 38.7 Å². The van der Waals surface area contributed by atoms with E-state index in [-0.39, 0.29) is 16.7 Å². The fourth-order valence-corrected chi connectivity index (χ4v) is 4.83. The lowest BCUT2D eigenvalue weighted by atomic mass is 9.99. The number of hydrogen-bond donors (Lipinski definition) is 0. The van der Waals surface area contributed by atoms with Gasteiger partial charge in [-0.1, -0.05) is 61.2 Å². The summed E-state index contributed by atoms with van der Waals surface area (Å²) in [5.41, 5.74) is 1.63. The van der Waals surface area contributed by atoms with Gasteiger partial charge in [0.1, 0.15) is 0 Å². The summed E-state index contributed by atoms with van der Waals surface area (Å²) >= 11 is 1.38. The first-order chi connectivity index (χ1) is 14.5. The van der Waals surface area contributed by atoms with Crippen LogP contribution in [0.25, 0.3) is 10.9 Å². The third-order valence-corrected chi connectivity index (χ3v) is 6.81. The van der Waals surface area contributed by atoms with Crippen molar-refractivity contribution in [3.63, 3.8) is 0 Å². The number of aromatic nitrogens is 2. The van der Waals surface area contributed by atoms with Crippen molar-refractivity contribution in [1.29, 1.82) is 0 Å². The second-order valence-corrected chi connectivity index (χ2v) is 9.36. The van der Waals surface area contributed by atoms with Crippen LogP contribution >= 0.6 is 11.8 Å². The van der Waals surface area contributed by atoms with Crippen LogP contribution in [0, 0.1) is 5.92 Å². The van der Waals surface area contributed by atoms with E-state index >= 15 is 0 Å². The van der Waals surface area contributed by atoms with E-state index in [0.717, 1.165) is 31.5 Å². The molecule has 1 saturated heterocycles. The van der Waals surface area contributed by atoms with E-state index in [1.165, 1.54) is 11.8 Å². The van der Waals surface area contributed by atoms with Gasteiger partial charge in [-0.15, -0.1) is 0 Å². The number of amides is 1. The zero-order valence-corrected chi connectivity index (χ0v) is 18.3. The molecular formula is C24H27N3O2S. The molecule has 5 nitrogen and oxygen atoms in total. The third kappa shape index (κ3) is 4.43. The van der Waals surface area contributed by atoms with Crippen molar-refractivity contribution >= 4 is 28.6 Å². The number of para-hydroxylation sites is 1. The van der Waals surface area contributed by atoms with Crippen LogP contribution in [-0.2, 0) is 11.3 Å². The SMILES string of the molecule is CC1CCN(C(=O)C(C)Sc2nc3ccccc3c(=O)n2Cc2ccccc2)CC1. The Hall–Kier alpha value is -2.60. The van der Waals surface area contributed by atoms with E-state index in [0.29, 0.717) is 28.5 Å². The van der Waals surface area contributed by atoms with Crippen LogP contribution in [0.5, 0.6) is 0 Å². The highest BCUT2D eigenvalue weighted by atomic mass is 32.2. The highest BCUT2D eigenvalue weighted by Crippen LogP contribution is 2.26. The molecule has 2 aromatic carbocycles. The van der Waals surface area contributed by atoms with Crippen molar-refractivity contribution in [3.05, 3.63) is 70.5 Å². The molecule has 4 rings (SSSR count). The lowest BCUT2D eigenvalue weighted by molar-refractivity contribution is -0.131. The molecule has 0 saturated carbocycles. The molecule has 1 amide bonds. The van der Waals surface area contributed by atoms with E-state index in [1.54, 1.807) is 4.57 Å². The number of carbonyl (C=O) groups is 1. The smallest absolute Gasteiger partial charge is 0.262 e. The molecule has 0 aliphatic carbocycles. The molecule has 1 aromatic heterocycles. The summed E-state index contributed by atoms with van der Waals surface area (Å²) in [5.74, 6) is 0.802. The van der Waals surface area contributed by atoms with Crippen molar-refractivity contribution in [2.75, 3.05) is 13.1 Å². The predicted molar refractivity (Wildman–Crippen MR) is 122 cm³/mol. The minimum atomic E-state index is -0.298. The third-order valence-electron chi connectivity index (χ3n) is 5.74. The number of rotatable bonds is 5. The molecule has 0 spiro atoms. The van der Waals surface area contributed by atoms with Crippen LogP contribution < -0.4 is 5.56 Å². The Morgan fingerprint density at radius 3 is 2.50 bits per heavy atom. The van der Waals surface area contributed by atoms with Crippen LogP contribution in [0.2, 0.25) is 0 Å². The Kier molecular flexibility index (Phi) is 6.23. The molecule has 1 unspecified atom stereocenters. The summed E-state index contributed by atoms with van der Waals surface area (Å²) in [6, 6.07) is 17.3. The molecule has 30 heavy (non-hydrogen) atoms. The zero-order valence-electron chi connectivity index (χ0n) is 17.5. The van der Waals surface area contributed by atoms with Gasteiger partial charge < -0.3 is 4.90 Å². The summed E-state index contributed by atoms with van der Waals surface area (Å²) in [6.45, 7) is 6.21. The Morgan fingerprint density at radius 1 is 1.10 bits per heavy atom. The Bertz CT molecular complexity index is 1090. The first-order valence-corrected chi connectivity index (χ1v) is 11.4. The van der Waals surface area contributed by atoms with Gasteiger partial charge in [-0.05, 0) is 43.4 Å². The highest BCUT2D eigenvalue weighted by Gasteiger charge is 2.26. The van der Waals surface area contributed by atoms with E-state index in [4.69, 9.17) is 4.98 Å². The molecule has 1 atom stereocenters. The molecule has 1 aliphatic rings. The molecular weight excluding hydrogens is 394 g/mol. The van der Waals surface area contributed by atoms with Gasteiger partial charge in [-0.25, -0.2) is 4.98 Å². The molecule has 0 N–H and O–H groups in total. The van der Waals surface area contributed by atoms with Crippen molar-refractivity contribution in [1.82, 2.24) is 14.5 Å². The minimum Gasteiger partial charge on any atom is -0.342 e. The molecule has 156 valence electrons. The van der Waals surface area contributed by atoms with Gasteiger partial charge in [0.25, 0.3) is 5.56 Å². The molecule has 0 radical (unpaired) electrons. The molecule has 6 heteroatoms. The maximum absolute atomic E-state index is 13.3. The summed E-state index contributed by atoms with van der Waals surface area (Å²) < 4.78 is 1.70. The van der Waals surface area contributed by atoms with Crippen molar-refractivity contribution in [2.45, 2.75) is 43.6 Å². The van der Waals surface area contributed by atoms with Gasteiger partial charge in [0, 0.05) is 13.1 Å². The molecule has 1 aliphatic heterocycles. The molecule has 2 heterocycles. The van der Waals surface area contributed by atoms with Crippen molar-refractivity contribution < 1.29 is 4.79 Å². The number of hydrogen-bond acceptors (Lipinski definition) is 4. The van der Waals surface area contributed by atoms with Crippen molar-refractivity contribution in [3.8, 4) is 0 Å². The van der Waals surface area contributed by atoms with Gasteiger partial charge in [-0.3, -0.25) is 14.2 Å². The van der Waals surface area contributed by atoms with Crippen LogP contribution in [0.3, 0.4) is 0 Å². The van der Waals surface area contributed by atoms with Gasteiger partial charge in [0.2, 0.25) is 5.91 Å². The number of nitrogens with zero attached hydrogens (tertiary/aromatic N) is 3. The molecule has 3 aromatic rings. The van der Waals surface area contributed by atoms with Crippen LogP contribution in [0.1, 0.15) is 32.3 Å².